The van der Waals surface area contributed by atoms with Crippen LogP contribution in [-0.2, 0) is 17.8 Å². The first-order valence-corrected chi connectivity index (χ1v) is 7.23. The Morgan fingerprint density at radius 1 is 1.26 bits per heavy atom. The summed E-state index contributed by atoms with van der Waals surface area (Å²) in [6.07, 6.45) is 1.83. The van der Waals surface area contributed by atoms with E-state index in [1.165, 1.54) is 0 Å². The molecule has 0 radical (unpaired) electrons. The van der Waals surface area contributed by atoms with Crippen LogP contribution in [-0.4, -0.2) is 35.1 Å². The van der Waals surface area contributed by atoms with Gasteiger partial charge in [-0.25, -0.2) is 9.97 Å². The lowest BCUT2D eigenvalue weighted by Gasteiger charge is -2.11. The molecule has 2 heterocycles. The number of carbonyl (C=O) groups is 1. The zero-order chi connectivity index (χ0) is 16.2. The highest BCUT2D eigenvalue weighted by molar-refractivity contribution is 5.86. The Balaban J connectivity index is 1.63. The van der Waals surface area contributed by atoms with E-state index in [1.807, 2.05) is 49.3 Å². The summed E-state index contributed by atoms with van der Waals surface area (Å²) >= 11 is 0. The van der Waals surface area contributed by atoms with Crippen molar-refractivity contribution in [3.8, 4) is 0 Å². The monoisotopic (exact) mass is 311 g/mol. The molecule has 7 heteroatoms. The second-order valence-corrected chi connectivity index (χ2v) is 5.30. The summed E-state index contributed by atoms with van der Waals surface area (Å²) in [5.41, 5.74) is 1.30. The summed E-state index contributed by atoms with van der Waals surface area (Å²) in [5.74, 6) is 1.21. The molecule has 0 saturated carbocycles. The molecule has 2 aromatic heterocycles. The van der Waals surface area contributed by atoms with Crippen LogP contribution in [0.4, 0.5) is 5.82 Å². The average Bonchev–Trinajstić information content (AvgIpc) is 2.96. The van der Waals surface area contributed by atoms with Crippen LogP contribution in [0.1, 0.15) is 11.5 Å². The van der Waals surface area contributed by atoms with Crippen LogP contribution in [0.5, 0.6) is 0 Å². The van der Waals surface area contributed by atoms with Gasteiger partial charge in [-0.1, -0.05) is 17.3 Å². The Labute approximate surface area is 133 Å². The zero-order valence-electron chi connectivity index (χ0n) is 13.0. The molecule has 1 amide bonds. The van der Waals surface area contributed by atoms with E-state index in [4.69, 9.17) is 4.52 Å². The van der Waals surface area contributed by atoms with Crippen molar-refractivity contribution in [2.24, 2.45) is 0 Å². The highest BCUT2D eigenvalue weighted by atomic mass is 16.5. The van der Waals surface area contributed by atoms with Gasteiger partial charge in [0.1, 0.15) is 17.3 Å². The van der Waals surface area contributed by atoms with Crippen LogP contribution >= 0.6 is 0 Å². The maximum atomic E-state index is 12.1. The predicted octanol–water partition coefficient (Wildman–Crippen LogP) is 1.54. The minimum atomic E-state index is -0.150. The number of para-hydroxylation sites is 1. The van der Waals surface area contributed by atoms with E-state index in [2.05, 4.69) is 20.4 Å². The molecule has 0 aliphatic heterocycles. The third-order valence-corrected chi connectivity index (χ3v) is 3.37. The smallest absolute Gasteiger partial charge is 0.226 e. The van der Waals surface area contributed by atoms with Crippen molar-refractivity contribution >= 4 is 22.7 Å². The first-order valence-electron chi connectivity index (χ1n) is 7.23. The number of rotatable bonds is 5. The Morgan fingerprint density at radius 2 is 2.09 bits per heavy atom. The van der Waals surface area contributed by atoms with Crippen LogP contribution < -0.4 is 10.2 Å². The molecule has 7 nitrogen and oxygen atoms in total. The summed E-state index contributed by atoms with van der Waals surface area (Å²) in [6, 6.07) is 9.28. The van der Waals surface area contributed by atoms with Gasteiger partial charge in [-0.2, -0.15) is 0 Å². The van der Waals surface area contributed by atoms with Crippen molar-refractivity contribution in [3.63, 3.8) is 0 Å². The van der Waals surface area contributed by atoms with Gasteiger partial charge in [-0.3, -0.25) is 4.79 Å². The number of hydrogen-bond acceptors (Lipinski definition) is 6. The van der Waals surface area contributed by atoms with E-state index >= 15 is 0 Å². The summed E-state index contributed by atoms with van der Waals surface area (Å²) in [4.78, 5) is 22.5. The third-order valence-electron chi connectivity index (χ3n) is 3.37. The minimum absolute atomic E-state index is 0.150. The lowest BCUT2D eigenvalue weighted by molar-refractivity contribution is -0.120. The summed E-state index contributed by atoms with van der Waals surface area (Å²) in [5, 5.41) is 7.61. The molecule has 0 fully saturated rings. The van der Waals surface area contributed by atoms with Gasteiger partial charge in [0.05, 0.1) is 13.0 Å². The van der Waals surface area contributed by atoms with E-state index < -0.39 is 0 Å². The van der Waals surface area contributed by atoms with E-state index in [-0.39, 0.29) is 18.9 Å². The second kappa shape index (κ2) is 6.43. The fourth-order valence-electron chi connectivity index (χ4n) is 2.18. The predicted molar refractivity (Wildman–Crippen MR) is 85.9 cm³/mol. The van der Waals surface area contributed by atoms with Gasteiger partial charge in [0.25, 0.3) is 0 Å². The molecule has 0 saturated heterocycles. The van der Waals surface area contributed by atoms with E-state index in [1.54, 1.807) is 6.20 Å². The first kappa shape index (κ1) is 15.0. The van der Waals surface area contributed by atoms with Gasteiger partial charge in [0.15, 0.2) is 5.58 Å². The molecule has 0 spiro atoms. The largest absolute Gasteiger partial charge is 0.363 e. The van der Waals surface area contributed by atoms with Gasteiger partial charge in [-0.15, -0.1) is 0 Å². The highest BCUT2D eigenvalue weighted by Crippen LogP contribution is 2.18. The molecule has 0 bridgehead atoms. The summed E-state index contributed by atoms with van der Waals surface area (Å²) < 4.78 is 5.19. The number of carbonyl (C=O) groups excluding carboxylic acids is 1. The fourth-order valence-corrected chi connectivity index (χ4v) is 2.18. The minimum Gasteiger partial charge on any atom is -0.363 e. The number of nitrogens with zero attached hydrogens (tertiary/aromatic N) is 4. The number of hydrogen-bond donors (Lipinski definition) is 1. The number of fused-ring (bicyclic) bond motifs is 1. The Kier molecular flexibility index (Phi) is 4.18. The Morgan fingerprint density at radius 3 is 2.91 bits per heavy atom. The number of anilines is 1. The van der Waals surface area contributed by atoms with Gasteiger partial charge in [-0.05, 0) is 18.2 Å². The quantitative estimate of drug-likeness (QED) is 0.769. The summed E-state index contributed by atoms with van der Waals surface area (Å²) in [7, 11) is 3.81. The van der Waals surface area contributed by atoms with Crippen molar-refractivity contribution in [1.29, 1.82) is 0 Å². The molecule has 0 aliphatic carbocycles. The average molecular weight is 311 g/mol. The fraction of sp³-hybridized carbons (Fsp3) is 0.250. The molecule has 118 valence electrons. The maximum absolute atomic E-state index is 12.1. The molecule has 3 rings (SSSR count). The second-order valence-electron chi connectivity index (χ2n) is 5.30. The molecular formula is C16H17N5O2. The van der Waals surface area contributed by atoms with Crippen molar-refractivity contribution < 1.29 is 9.32 Å². The van der Waals surface area contributed by atoms with Crippen LogP contribution in [0.3, 0.4) is 0 Å². The molecule has 1 N–H and O–H groups in total. The topological polar surface area (TPSA) is 84.2 Å². The zero-order valence-corrected chi connectivity index (χ0v) is 13.0. The Hall–Kier alpha value is -2.96. The van der Waals surface area contributed by atoms with Crippen molar-refractivity contribution in [1.82, 2.24) is 20.4 Å². The van der Waals surface area contributed by atoms with Crippen molar-refractivity contribution in [2.75, 3.05) is 19.0 Å². The van der Waals surface area contributed by atoms with Crippen molar-refractivity contribution in [2.45, 2.75) is 13.0 Å². The highest BCUT2D eigenvalue weighted by Gasteiger charge is 2.12. The molecule has 1 aromatic carbocycles. The molecular weight excluding hydrogens is 294 g/mol. The van der Waals surface area contributed by atoms with Crippen molar-refractivity contribution in [3.05, 3.63) is 48.0 Å². The molecule has 3 aromatic rings. The lowest BCUT2D eigenvalue weighted by Crippen LogP contribution is -2.26. The van der Waals surface area contributed by atoms with Gasteiger partial charge < -0.3 is 14.7 Å². The SMILES string of the molecule is CN(C)c1ccnc(CNC(=O)Cc2noc3ccccc23)n1. The number of benzene rings is 1. The lowest BCUT2D eigenvalue weighted by atomic mass is 10.1. The molecule has 0 atom stereocenters. The van der Waals surface area contributed by atoms with E-state index in [0.29, 0.717) is 17.1 Å². The third kappa shape index (κ3) is 3.45. The summed E-state index contributed by atoms with van der Waals surface area (Å²) in [6.45, 7) is 0.274. The number of nitrogens with one attached hydrogen (secondary N) is 1. The molecule has 0 aliphatic rings. The van der Waals surface area contributed by atoms with Gasteiger partial charge in [0.2, 0.25) is 5.91 Å². The van der Waals surface area contributed by atoms with Gasteiger partial charge >= 0.3 is 0 Å². The normalized spacial score (nSPS) is 10.7. The molecule has 23 heavy (non-hydrogen) atoms. The van der Waals surface area contributed by atoms with Crippen LogP contribution in [0.2, 0.25) is 0 Å². The first-order chi connectivity index (χ1) is 11.1. The standard InChI is InChI=1S/C16H17N5O2/c1-21(2)15-7-8-17-14(19-15)10-18-16(22)9-12-11-5-3-4-6-13(11)23-20-12/h3-8H,9-10H2,1-2H3,(H,18,22). The van der Waals surface area contributed by atoms with Crippen LogP contribution in [0.25, 0.3) is 11.0 Å². The maximum Gasteiger partial charge on any atom is 0.226 e. The number of aromatic nitrogens is 3. The van der Waals surface area contributed by atoms with Crippen LogP contribution in [0.15, 0.2) is 41.1 Å². The van der Waals surface area contributed by atoms with Gasteiger partial charge in [0, 0.05) is 25.7 Å². The molecule has 0 unspecified atom stereocenters. The Bertz CT molecular complexity index is 828. The van der Waals surface area contributed by atoms with E-state index in [0.717, 1.165) is 11.2 Å². The van der Waals surface area contributed by atoms with E-state index in [9.17, 15) is 4.79 Å². The number of amides is 1. The van der Waals surface area contributed by atoms with Crippen LogP contribution in [0, 0.1) is 0 Å².